The zero-order chi connectivity index (χ0) is 24.2. The number of anilines is 1. The van der Waals surface area contributed by atoms with E-state index in [1.54, 1.807) is 14.2 Å². The van der Waals surface area contributed by atoms with Gasteiger partial charge in [-0.1, -0.05) is 48.5 Å². The summed E-state index contributed by atoms with van der Waals surface area (Å²) in [6.07, 6.45) is 5.30. The number of rotatable bonds is 7. The van der Waals surface area contributed by atoms with E-state index in [2.05, 4.69) is 65.6 Å². The molecule has 0 aromatic heterocycles. The van der Waals surface area contributed by atoms with Crippen molar-refractivity contribution in [2.75, 3.05) is 32.2 Å². The van der Waals surface area contributed by atoms with Crippen molar-refractivity contribution >= 4 is 5.69 Å². The number of phenolic OH excluding ortho intramolecular Hbond substituents is 1. The fourth-order valence-corrected chi connectivity index (χ4v) is 6.16. The Bertz CT molecular complexity index is 1090. The van der Waals surface area contributed by atoms with E-state index in [1.165, 1.54) is 40.8 Å². The minimum atomic E-state index is -0.0938. The summed E-state index contributed by atoms with van der Waals surface area (Å²) in [5.74, 6) is 1.74. The molecule has 0 bridgehead atoms. The minimum Gasteiger partial charge on any atom is -0.508 e. The van der Waals surface area contributed by atoms with Crippen LogP contribution in [0.15, 0.2) is 72.8 Å². The molecular weight excluding hydrogens is 434 g/mol. The molecule has 1 N–H and O–H groups in total. The molecule has 4 heteroatoms. The average molecular weight is 472 g/mol. The lowest BCUT2D eigenvalue weighted by atomic mass is 9.69. The summed E-state index contributed by atoms with van der Waals surface area (Å²) in [7, 11) is 3.45. The van der Waals surface area contributed by atoms with Gasteiger partial charge in [0.25, 0.3) is 0 Å². The molecule has 3 aromatic carbocycles. The first-order valence-electron chi connectivity index (χ1n) is 12.9. The maximum atomic E-state index is 10.1. The molecule has 4 nitrogen and oxygen atoms in total. The van der Waals surface area contributed by atoms with Crippen LogP contribution in [-0.4, -0.2) is 38.7 Å². The molecule has 5 rings (SSSR count). The van der Waals surface area contributed by atoms with Crippen LogP contribution in [0.2, 0.25) is 0 Å². The first-order valence-corrected chi connectivity index (χ1v) is 12.9. The number of hydrogen-bond donors (Lipinski definition) is 1. The van der Waals surface area contributed by atoms with Crippen molar-refractivity contribution in [3.8, 4) is 5.75 Å². The van der Waals surface area contributed by atoms with Crippen LogP contribution in [0.4, 0.5) is 5.69 Å². The standard InChI is InChI=1S/C31H37NO3/c1-34-30(35-2)20-22-16-18-32(19-17-22)26-11-8-24(9-12-26)31-28(23-6-4-3-5-7-23)14-10-25-21-27(33)13-15-29(25)31/h3-9,11-13,15,21-22,28,30-31,33H,10,14,16-20H2,1-2H3/t28?,31-/m0/s1. The smallest absolute Gasteiger partial charge is 0.157 e. The highest BCUT2D eigenvalue weighted by atomic mass is 16.7. The molecule has 3 aromatic rings. The summed E-state index contributed by atoms with van der Waals surface area (Å²) >= 11 is 0. The van der Waals surface area contributed by atoms with E-state index in [9.17, 15) is 5.11 Å². The van der Waals surface area contributed by atoms with Crippen molar-refractivity contribution in [1.82, 2.24) is 0 Å². The number of nitrogens with zero attached hydrogens (tertiary/aromatic N) is 1. The second-order valence-electron chi connectivity index (χ2n) is 10.1. The molecule has 1 fully saturated rings. The Balaban J connectivity index is 1.35. The second-order valence-corrected chi connectivity index (χ2v) is 10.1. The Morgan fingerprint density at radius 3 is 2.26 bits per heavy atom. The second kappa shape index (κ2) is 10.8. The van der Waals surface area contributed by atoms with Crippen molar-refractivity contribution < 1.29 is 14.6 Å². The normalized spacial score (nSPS) is 20.7. The molecule has 2 aliphatic rings. The lowest BCUT2D eigenvalue weighted by molar-refractivity contribution is -0.115. The maximum absolute atomic E-state index is 10.1. The van der Waals surface area contributed by atoms with Gasteiger partial charge < -0.3 is 19.5 Å². The van der Waals surface area contributed by atoms with Crippen LogP contribution in [0.5, 0.6) is 5.75 Å². The summed E-state index contributed by atoms with van der Waals surface area (Å²) in [6.45, 7) is 2.14. The number of hydrogen-bond acceptors (Lipinski definition) is 4. The molecule has 1 heterocycles. The van der Waals surface area contributed by atoms with Gasteiger partial charge in [0.15, 0.2) is 6.29 Å². The number of methoxy groups -OCH3 is 2. The van der Waals surface area contributed by atoms with Crippen LogP contribution in [-0.2, 0) is 15.9 Å². The molecule has 0 radical (unpaired) electrons. The SMILES string of the molecule is COC(CC1CCN(c2ccc([C@@H]3c4ccc(O)cc4CCC3c3ccccc3)cc2)CC1)OC. The fourth-order valence-electron chi connectivity index (χ4n) is 6.16. The summed E-state index contributed by atoms with van der Waals surface area (Å²) < 4.78 is 10.8. The molecule has 0 spiro atoms. The predicted octanol–water partition coefficient (Wildman–Crippen LogP) is 6.48. The Hall–Kier alpha value is -2.82. The van der Waals surface area contributed by atoms with Crippen LogP contribution in [0, 0.1) is 5.92 Å². The van der Waals surface area contributed by atoms with Crippen molar-refractivity contribution in [2.24, 2.45) is 5.92 Å². The van der Waals surface area contributed by atoms with Crippen LogP contribution in [0.25, 0.3) is 0 Å². The van der Waals surface area contributed by atoms with Gasteiger partial charge in [-0.3, -0.25) is 0 Å². The lowest BCUT2D eigenvalue weighted by Crippen LogP contribution is -2.35. The molecular formula is C31H37NO3. The molecule has 1 aliphatic heterocycles. The Labute approximate surface area is 209 Å². The lowest BCUT2D eigenvalue weighted by Gasteiger charge is -2.36. The molecule has 35 heavy (non-hydrogen) atoms. The summed E-state index contributed by atoms with van der Waals surface area (Å²) in [4.78, 5) is 2.51. The van der Waals surface area contributed by atoms with Gasteiger partial charge in [0, 0.05) is 45.3 Å². The third kappa shape index (κ3) is 5.24. The molecule has 0 saturated carbocycles. The zero-order valence-electron chi connectivity index (χ0n) is 20.9. The number of aryl methyl sites for hydroxylation is 1. The van der Waals surface area contributed by atoms with Crippen molar-refractivity contribution in [3.63, 3.8) is 0 Å². The topological polar surface area (TPSA) is 41.9 Å². The highest BCUT2D eigenvalue weighted by Crippen LogP contribution is 2.47. The number of aromatic hydroxyl groups is 1. The largest absolute Gasteiger partial charge is 0.508 e. The third-order valence-corrected chi connectivity index (χ3v) is 8.10. The molecule has 1 aliphatic carbocycles. The van der Waals surface area contributed by atoms with E-state index >= 15 is 0 Å². The summed E-state index contributed by atoms with van der Waals surface area (Å²) in [5.41, 5.74) is 6.68. The van der Waals surface area contributed by atoms with E-state index in [0.717, 1.165) is 32.4 Å². The number of piperidine rings is 1. The van der Waals surface area contributed by atoms with E-state index in [4.69, 9.17) is 9.47 Å². The van der Waals surface area contributed by atoms with E-state index in [0.29, 0.717) is 23.5 Å². The van der Waals surface area contributed by atoms with E-state index in [1.807, 2.05) is 12.1 Å². The van der Waals surface area contributed by atoms with Crippen LogP contribution >= 0.6 is 0 Å². The van der Waals surface area contributed by atoms with E-state index < -0.39 is 0 Å². The summed E-state index contributed by atoms with van der Waals surface area (Å²) in [5, 5.41) is 10.1. The molecule has 2 atom stereocenters. The monoisotopic (exact) mass is 471 g/mol. The van der Waals surface area contributed by atoms with Crippen LogP contribution < -0.4 is 4.90 Å². The number of phenols is 1. The van der Waals surface area contributed by atoms with Gasteiger partial charge in [0.2, 0.25) is 0 Å². The Morgan fingerprint density at radius 2 is 1.57 bits per heavy atom. The number of benzene rings is 3. The zero-order valence-corrected chi connectivity index (χ0v) is 20.9. The fraction of sp³-hybridized carbons (Fsp3) is 0.419. The predicted molar refractivity (Wildman–Crippen MR) is 141 cm³/mol. The third-order valence-electron chi connectivity index (χ3n) is 8.10. The van der Waals surface area contributed by atoms with Gasteiger partial charge in [0.05, 0.1) is 0 Å². The van der Waals surface area contributed by atoms with Gasteiger partial charge in [0.1, 0.15) is 5.75 Å². The average Bonchev–Trinajstić information content (AvgIpc) is 2.92. The number of fused-ring (bicyclic) bond motifs is 1. The molecule has 1 unspecified atom stereocenters. The quantitative estimate of drug-likeness (QED) is 0.401. The Morgan fingerprint density at radius 1 is 0.857 bits per heavy atom. The van der Waals surface area contributed by atoms with Crippen LogP contribution in [0.3, 0.4) is 0 Å². The van der Waals surface area contributed by atoms with Gasteiger partial charge >= 0.3 is 0 Å². The maximum Gasteiger partial charge on any atom is 0.157 e. The highest BCUT2D eigenvalue weighted by Gasteiger charge is 2.32. The first kappa shape index (κ1) is 23.9. The van der Waals surface area contributed by atoms with Gasteiger partial charge in [-0.25, -0.2) is 0 Å². The Kier molecular flexibility index (Phi) is 7.40. The van der Waals surface area contributed by atoms with E-state index in [-0.39, 0.29) is 6.29 Å². The van der Waals surface area contributed by atoms with Crippen LogP contribution in [0.1, 0.15) is 59.8 Å². The van der Waals surface area contributed by atoms with Crippen molar-refractivity contribution in [2.45, 2.75) is 50.2 Å². The first-order chi connectivity index (χ1) is 17.2. The minimum absolute atomic E-state index is 0.0938. The highest BCUT2D eigenvalue weighted by molar-refractivity contribution is 5.52. The molecule has 184 valence electrons. The van der Waals surface area contributed by atoms with Gasteiger partial charge in [-0.2, -0.15) is 0 Å². The van der Waals surface area contributed by atoms with Gasteiger partial charge in [-0.05, 0) is 84.0 Å². The van der Waals surface area contributed by atoms with Gasteiger partial charge in [-0.15, -0.1) is 0 Å². The van der Waals surface area contributed by atoms with Crippen molar-refractivity contribution in [1.29, 1.82) is 0 Å². The molecule has 1 saturated heterocycles. The molecule has 0 amide bonds. The number of ether oxygens (including phenoxy) is 2. The van der Waals surface area contributed by atoms with Crippen molar-refractivity contribution in [3.05, 3.63) is 95.1 Å². The summed E-state index contributed by atoms with van der Waals surface area (Å²) in [6, 6.07) is 26.1.